The molecule has 0 aliphatic rings. The highest BCUT2D eigenvalue weighted by molar-refractivity contribution is 7.18. The molecule has 1 aromatic carbocycles. The highest BCUT2D eigenvalue weighted by atomic mass is 32.1. The molecule has 0 fully saturated rings. The molecule has 0 aliphatic heterocycles. The summed E-state index contributed by atoms with van der Waals surface area (Å²) in [5, 5.41) is 8.15. The summed E-state index contributed by atoms with van der Waals surface area (Å²) in [4.78, 5) is 22.3. The van der Waals surface area contributed by atoms with Gasteiger partial charge in [0.2, 0.25) is 0 Å². The van der Waals surface area contributed by atoms with Crippen molar-refractivity contribution in [1.29, 1.82) is 0 Å². The maximum Gasteiger partial charge on any atom is 0.260 e. The molecule has 7 heteroatoms. The van der Waals surface area contributed by atoms with Crippen molar-refractivity contribution in [2.45, 2.75) is 19.4 Å². The van der Waals surface area contributed by atoms with Crippen LogP contribution >= 0.6 is 22.7 Å². The zero-order valence-electron chi connectivity index (χ0n) is 15.7. The fourth-order valence-corrected chi connectivity index (χ4v) is 4.98. The first-order valence-electron chi connectivity index (χ1n) is 9.08. The summed E-state index contributed by atoms with van der Waals surface area (Å²) >= 11 is 3.14. The number of thiophene rings is 2. The van der Waals surface area contributed by atoms with Crippen molar-refractivity contribution >= 4 is 32.9 Å². The lowest BCUT2D eigenvalue weighted by Gasteiger charge is -2.14. The van der Waals surface area contributed by atoms with Crippen molar-refractivity contribution in [3.63, 3.8) is 0 Å². The Bertz CT molecular complexity index is 1130. The second-order valence-electron chi connectivity index (χ2n) is 6.50. The number of aromatic amines is 1. The lowest BCUT2D eigenvalue weighted by Crippen LogP contribution is -2.25. The molecule has 144 valence electrons. The minimum atomic E-state index is -0.0805. The van der Waals surface area contributed by atoms with Crippen LogP contribution in [0.15, 0.2) is 52.0 Å². The Hall–Kier alpha value is -2.48. The van der Waals surface area contributed by atoms with Crippen LogP contribution in [0, 0.1) is 0 Å². The first kappa shape index (κ1) is 18.9. The third kappa shape index (κ3) is 3.73. The zero-order chi connectivity index (χ0) is 19.5. The molecule has 0 unspecified atom stereocenters. The minimum Gasteiger partial charge on any atom is -0.496 e. The van der Waals surface area contributed by atoms with Gasteiger partial charge in [0.15, 0.2) is 0 Å². The Morgan fingerprint density at radius 1 is 1.21 bits per heavy atom. The van der Waals surface area contributed by atoms with Gasteiger partial charge in [-0.25, -0.2) is 4.98 Å². The van der Waals surface area contributed by atoms with E-state index >= 15 is 0 Å². The van der Waals surface area contributed by atoms with Crippen LogP contribution in [0.2, 0.25) is 0 Å². The van der Waals surface area contributed by atoms with Crippen LogP contribution in [0.1, 0.15) is 24.4 Å². The second-order valence-corrected chi connectivity index (χ2v) is 8.30. The molecule has 0 bridgehead atoms. The molecule has 28 heavy (non-hydrogen) atoms. The normalized spacial score (nSPS) is 12.4. The molecular formula is C21H21N3O2S2. The molecule has 4 rings (SSSR count). The summed E-state index contributed by atoms with van der Waals surface area (Å²) in [6, 6.07) is 12.0. The van der Waals surface area contributed by atoms with Crippen LogP contribution in [-0.2, 0) is 6.42 Å². The molecule has 2 N–H and O–H groups in total. The second kappa shape index (κ2) is 8.26. The van der Waals surface area contributed by atoms with E-state index in [9.17, 15) is 4.79 Å². The third-order valence-corrected chi connectivity index (χ3v) is 6.47. The Morgan fingerprint density at radius 3 is 2.86 bits per heavy atom. The Labute approximate surface area is 171 Å². The smallest absolute Gasteiger partial charge is 0.260 e. The van der Waals surface area contributed by atoms with E-state index < -0.39 is 0 Å². The van der Waals surface area contributed by atoms with Crippen molar-refractivity contribution < 1.29 is 4.74 Å². The van der Waals surface area contributed by atoms with Crippen molar-refractivity contribution in [3.05, 3.63) is 68.9 Å². The average molecular weight is 412 g/mol. The maximum atomic E-state index is 12.7. The largest absolute Gasteiger partial charge is 0.496 e. The molecule has 0 aliphatic carbocycles. The monoisotopic (exact) mass is 411 g/mol. The van der Waals surface area contributed by atoms with Crippen LogP contribution in [0.25, 0.3) is 20.7 Å². The summed E-state index contributed by atoms with van der Waals surface area (Å²) < 4.78 is 5.40. The first-order chi connectivity index (χ1) is 13.7. The van der Waals surface area contributed by atoms with Gasteiger partial charge < -0.3 is 15.0 Å². The van der Waals surface area contributed by atoms with Crippen LogP contribution in [0.4, 0.5) is 0 Å². The van der Waals surface area contributed by atoms with Crippen molar-refractivity contribution in [3.8, 4) is 16.2 Å². The molecule has 5 nitrogen and oxygen atoms in total. The van der Waals surface area contributed by atoms with Crippen molar-refractivity contribution in [2.75, 3.05) is 13.7 Å². The van der Waals surface area contributed by atoms with E-state index in [2.05, 4.69) is 16.4 Å². The van der Waals surface area contributed by atoms with Gasteiger partial charge in [0.25, 0.3) is 5.56 Å². The zero-order valence-corrected chi connectivity index (χ0v) is 17.3. The van der Waals surface area contributed by atoms with Gasteiger partial charge in [0.05, 0.1) is 18.5 Å². The summed E-state index contributed by atoms with van der Waals surface area (Å²) in [6.07, 6.45) is 0.836. The highest BCUT2D eigenvalue weighted by Gasteiger charge is 2.16. The van der Waals surface area contributed by atoms with E-state index in [-0.39, 0.29) is 11.6 Å². The summed E-state index contributed by atoms with van der Waals surface area (Å²) in [5.41, 5.74) is 2.04. The molecule has 1 atom stereocenters. The Balaban J connectivity index is 1.50. The standard InChI is InChI=1S/C21H21N3O2S2/c1-13(22-10-9-14-6-3-4-7-16(14)26-2)19-23-20(25)18-15(12-28-21(18)24-19)17-8-5-11-27-17/h3-8,11-13,22H,9-10H2,1-2H3,(H,23,24,25)/t13-/m1/s1. The molecular weight excluding hydrogens is 390 g/mol. The van der Waals surface area contributed by atoms with Crippen LogP contribution in [0.5, 0.6) is 5.75 Å². The number of benzene rings is 1. The van der Waals surface area contributed by atoms with E-state index in [1.54, 1.807) is 18.4 Å². The van der Waals surface area contributed by atoms with E-state index in [1.165, 1.54) is 11.3 Å². The van der Waals surface area contributed by atoms with Crippen molar-refractivity contribution in [2.24, 2.45) is 0 Å². The van der Waals surface area contributed by atoms with Gasteiger partial charge in [0, 0.05) is 15.8 Å². The number of H-pyrrole nitrogens is 1. The Morgan fingerprint density at radius 2 is 2.07 bits per heavy atom. The molecule has 0 radical (unpaired) electrons. The number of aromatic nitrogens is 2. The van der Waals surface area contributed by atoms with E-state index in [1.807, 2.05) is 48.0 Å². The fourth-order valence-electron chi connectivity index (χ4n) is 3.21. The molecule has 0 spiro atoms. The highest BCUT2D eigenvalue weighted by Crippen LogP contribution is 2.33. The first-order valence-corrected chi connectivity index (χ1v) is 10.8. The number of fused-ring (bicyclic) bond motifs is 1. The number of ether oxygens (including phenoxy) is 1. The number of methoxy groups -OCH3 is 1. The predicted molar refractivity (Wildman–Crippen MR) is 117 cm³/mol. The molecule has 3 aromatic heterocycles. The number of rotatable bonds is 7. The summed E-state index contributed by atoms with van der Waals surface area (Å²) in [5.74, 6) is 1.56. The quantitative estimate of drug-likeness (QED) is 0.466. The van der Waals surface area contributed by atoms with Gasteiger partial charge in [-0.15, -0.1) is 22.7 Å². The molecule has 3 heterocycles. The minimum absolute atomic E-state index is 0.0564. The van der Waals surface area contributed by atoms with Crippen molar-refractivity contribution in [1.82, 2.24) is 15.3 Å². The number of nitrogens with one attached hydrogen (secondary N) is 2. The fraction of sp³-hybridized carbons (Fsp3) is 0.238. The van der Waals surface area contributed by atoms with E-state index in [0.29, 0.717) is 11.2 Å². The number of nitrogens with zero attached hydrogens (tertiary/aromatic N) is 1. The SMILES string of the molecule is COc1ccccc1CCN[C@H](C)c1nc2scc(-c3cccs3)c2c(=O)[nH]1. The Kier molecular flexibility index (Phi) is 5.57. The maximum absolute atomic E-state index is 12.7. The lowest BCUT2D eigenvalue weighted by molar-refractivity contribution is 0.408. The number of hydrogen-bond donors (Lipinski definition) is 2. The summed E-state index contributed by atoms with van der Waals surface area (Å²) in [7, 11) is 1.68. The van der Waals surface area contributed by atoms with Gasteiger partial charge in [-0.3, -0.25) is 4.79 Å². The third-order valence-electron chi connectivity index (χ3n) is 4.70. The lowest BCUT2D eigenvalue weighted by atomic mass is 10.1. The summed E-state index contributed by atoms with van der Waals surface area (Å²) in [6.45, 7) is 2.77. The van der Waals surface area contributed by atoms with E-state index in [4.69, 9.17) is 9.72 Å². The van der Waals surface area contributed by atoms with Gasteiger partial charge >= 0.3 is 0 Å². The molecule has 0 amide bonds. The van der Waals surface area contributed by atoms with Crippen LogP contribution in [-0.4, -0.2) is 23.6 Å². The number of para-hydroxylation sites is 1. The van der Waals surface area contributed by atoms with Gasteiger partial charge in [-0.05, 0) is 43.0 Å². The van der Waals surface area contributed by atoms with Crippen LogP contribution < -0.4 is 15.6 Å². The van der Waals surface area contributed by atoms with Gasteiger partial charge in [-0.1, -0.05) is 24.3 Å². The number of hydrogen-bond acceptors (Lipinski definition) is 6. The average Bonchev–Trinajstić information content (AvgIpc) is 3.37. The van der Waals surface area contributed by atoms with Gasteiger partial charge in [-0.2, -0.15) is 0 Å². The molecule has 0 saturated carbocycles. The topological polar surface area (TPSA) is 67.0 Å². The molecule has 0 saturated heterocycles. The predicted octanol–water partition coefficient (Wildman–Crippen LogP) is 4.62. The molecule has 4 aromatic rings. The van der Waals surface area contributed by atoms with Crippen LogP contribution in [0.3, 0.4) is 0 Å². The van der Waals surface area contributed by atoms with Gasteiger partial charge in [0.1, 0.15) is 16.4 Å². The van der Waals surface area contributed by atoms with E-state index in [0.717, 1.165) is 39.5 Å².